The molecule has 7 rings (SSSR count). The van der Waals surface area contributed by atoms with Crippen LogP contribution in [0.2, 0.25) is 0 Å². The highest BCUT2D eigenvalue weighted by Gasteiger charge is 2.28. The van der Waals surface area contributed by atoms with Crippen molar-refractivity contribution in [2.45, 2.75) is 32.7 Å². The molecule has 0 saturated carbocycles. The molecule has 0 aliphatic carbocycles. The Balaban J connectivity index is 1.27. The zero-order valence-corrected chi connectivity index (χ0v) is 30.2. The Morgan fingerprint density at radius 1 is 0.863 bits per heavy atom. The van der Waals surface area contributed by atoms with Crippen molar-refractivity contribution in [3.8, 4) is 17.1 Å². The van der Waals surface area contributed by atoms with Crippen molar-refractivity contribution < 1.29 is 35.2 Å². The average molecular weight is 744 g/mol. The van der Waals surface area contributed by atoms with Crippen molar-refractivity contribution in [2.75, 3.05) is 23.0 Å². The lowest BCUT2D eigenvalue weighted by atomic mass is 10.1. The van der Waals surface area contributed by atoms with Crippen LogP contribution in [0.3, 0.4) is 0 Å². The molecule has 0 saturated heterocycles. The number of rotatable bonds is 13. The van der Waals surface area contributed by atoms with Crippen molar-refractivity contribution in [1.29, 1.82) is 0 Å². The molecule has 51 heavy (non-hydrogen) atoms. The molecule has 0 atom stereocenters. The summed E-state index contributed by atoms with van der Waals surface area (Å²) in [5.74, 6) is 0.130. The van der Waals surface area contributed by atoms with Gasteiger partial charge < -0.3 is 27.9 Å². The first-order valence-corrected chi connectivity index (χ1v) is 20.5. The quantitative estimate of drug-likeness (QED) is 0.0988. The lowest BCUT2D eigenvalue weighted by Crippen LogP contribution is -2.36. The first-order valence-electron chi connectivity index (χ1n) is 16.5. The topological polar surface area (TPSA) is 141 Å². The molecule has 0 bridgehead atoms. The molecule has 0 unspecified atom stereocenters. The van der Waals surface area contributed by atoms with E-state index in [1.807, 2.05) is 131 Å². The molecule has 1 aliphatic rings. The van der Waals surface area contributed by atoms with Crippen LogP contribution in [0, 0.1) is 0 Å². The lowest BCUT2D eigenvalue weighted by molar-refractivity contribution is -0.668. The van der Waals surface area contributed by atoms with Gasteiger partial charge in [0.25, 0.3) is 5.01 Å². The molecule has 3 aromatic heterocycles. The van der Waals surface area contributed by atoms with E-state index in [9.17, 15) is 25.9 Å². The second kappa shape index (κ2) is 14.1. The maximum absolute atomic E-state index is 11.5. The Bertz CT molecular complexity index is 2520. The number of para-hydroxylation sites is 1. The Morgan fingerprint density at radius 2 is 1.61 bits per heavy atom. The van der Waals surface area contributed by atoms with Crippen molar-refractivity contribution in [3.05, 3.63) is 120 Å². The predicted molar refractivity (Wildman–Crippen MR) is 197 cm³/mol. The third-order valence-electron chi connectivity index (χ3n) is 8.79. The minimum Gasteiger partial charge on any atom is -0.748 e. The average Bonchev–Trinajstić information content (AvgIpc) is 3.89. The molecule has 4 heterocycles. The van der Waals surface area contributed by atoms with Gasteiger partial charge in [0.15, 0.2) is 12.3 Å². The van der Waals surface area contributed by atoms with E-state index in [1.165, 1.54) is 0 Å². The van der Waals surface area contributed by atoms with Crippen LogP contribution in [-0.4, -0.2) is 53.1 Å². The normalized spacial score (nSPS) is 14.5. The number of hydrogen-bond donors (Lipinski definition) is 0. The molecular formula is C37H35N4O7S3-. The molecule has 264 valence electrons. The lowest BCUT2D eigenvalue weighted by Gasteiger charge is -2.20. The molecule has 0 N–H and O–H groups in total. The number of allylic oxidation sites excluding steroid dienone is 2. The van der Waals surface area contributed by atoms with Crippen LogP contribution in [0.5, 0.6) is 5.75 Å². The summed E-state index contributed by atoms with van der Waals surface area (Å²) in [7, 11) is -8.79. The smallest absolute Gasteiger partial charge is 0.263 e. The number of hydrogen-bond acceptors (Lipinski definition) is 9. The summed E-state index contributed by atoms with van der Waals surface area (Å²) in [6, 6.07) is 25.9. The maximum Gasteiger partial charge on any atom is 0.263 e. The highest BCUT2D eigenvalue weighted by atomic mass is 32.2. The van der Waals surface area contributed by atoms with Crippen LogP contribution in [0.25, 0.3) is 38.6 Å². The van der Waals surface area contributed by atoms with Crippen LogP contribution in [0.4, 0.5) is 5.69 Å². The number of benzene rings is 3. The summed E-state index contributed by atoms with van der Waals surface area (Å²) in [6.07, 6.45) is 10.7. The van der Waals surface area contributed by atoms with Crippen molar-refractivity contribution >= 4 is 64.5 Å². The Hall–Kier alpha value is -4.73. The SMILES string of the molecule is CCC(/C=C1\Oc2ccc(-n3ccc4ccccc43)cc2N1CCCS(=O)(=O)[O-])=C\c1sc2ccc(-n3cccc3)cc2[n+]1CCCS(=O)(=O)[O-]. The number of nitrogens with zero attached hydrogens (tertiary/aromatic N) is 4. The van der Waals surface area contributed by atoms with Gasteiger partial charge in [0, 0.05) is 67.0 Å². The molecule has 6 aromatic rings. The van der Waals surface area contributed by atoms with Gasteiger partial charge in [-0.2, -0.15) is 4.57 Å². The van der Waals surface area contributed by atoms with Crippen LogP contribution in [0.15, 0.2) is 115 Å². The van der Waals surface area contributed by atoms with Gasteiger partial charge in [0.2, 0.25) is 11.4 Å². The van der Waals surface area contributed by atoms with E-state index in [2.05, 4.69) is 4.57 Å². The van der Waals surface area contributed by atoms with Crippen LogP contribution in [-0.2, 0) is 26.8 Å². The molecule has 0 fully saturated rings. The van der Waals surface area contributed by atoms with E-state index in [-0.39, 0.29) is 19.4 Å². The fraction of sp³-hybridized carbons (Fsp3) is 0.216. The van der Waals surface area contributed by atoms with E-state index in [4.69, 9.17) is 4.74 Å². The zero-order chi connectivity index (χ0) is 35.8. The molecule has 0 spiro atoms. The van der Waals surface area contributed by atoms with Crippen molar-refractivity contribution in [3.63, 3.8) is 0 Å². The van der Waals surface area contributed by atoms with Gasteiger partial charge in [0.1, 0.15) is 4.70 Å². The largest absolute Gasteiger partial charge is 0.748 e. The summed E-state index contributed by atoms with van der Waals surface area (Å²) in [5.41, 5.74) is 5.46. The van der Waals surface area contributed by atoms with Gasteiger partial charge in [-0.15, -0.1) is 0 Å². The van der Waals surface area contributed by atoms with Gasteiger partial charge in [-0.3, -0.25) is 0 Å². The summed E-state index contributed by atoms with van der Waals surface area (Å²) in [5, 5.41) is 1.96. The van der Waals surface area contributed by atoms with Gasteiger partial charge in [-0.1, -0.05) is 36.5 Å². The monoisotopic (exact) mass is 743 g/mol. The number of ether oxygens (including phenoxy) is 1. The van der Waals surface area contributed by atoms with Crippen molar-refractivity contribution in [2.24, 2.45) is 0 Å². The standard InChI is InChI=1S/C37H36N4O7S3/c1-2-27(24-37-41(19-8-22-51(45,46)47)33-25-29(12-14-35(33)49-37)38-16-5-6-17-38)23-36-40(18-7-21-50(42,43)44)32-26-30(11-13-34(32)48-36)39-20-15-28-9-3-4-10-31(28)39/h3-6,9-17,20,23-26H,2,7-8,18-19,21-22H2,1H3,(H-,42,43,44,45,46,47)/p-1. The van der Waals surface area contributed by atoms with E-state index >= 15 is 0 Å². The summed E-state index contributed by atoms with van der Waals surface area (Å²) in [6.45, 7) is 2.58. The summed E-state index contributed by atoms with van der Waals surface area (Å²) >= 11 is 1.56. The fourth-order valence-corrected chi connectivity index (χ4v) is 8.45. The van der Waals surface area contributed by atoms with Crippen molar-refractivity contribution in [1.82, 2.24) is 9.13 Å². The second-order valence-electron chi connectivity index (χ2n) is 12.3. The first-order chi connectivity index (χ1) is 24.5. The van der Waals surface area contributed by atoms with E-state index in [0.717, 1.165) is 48.8 Å². The summed E-state index contributed by atoms with van der Waals surface area (Å²) < 4.78 is 82.5. The second-order valence-corrected chi connectivity index (χ2v) is 16.4. The number of fused-ring (bicyclic) bond motifs is 3. The van der Waals surface area contributed by atoms with Gasteiger partial charge in [-0.05, 0) is 78.4 Å². The van der Waals surface area contributed by atoms with Crippen LogP contribution in [0.1, 0.15) is 31.2 Å². The Labute approximate surface area is 300 Å². The number of thiazole rings is 1. The molecule has 3 aromatic carbocycles. The van der Waals surface area contributed by atoms with Gasteiger partial charge in [-0.25, -0.2) is 16.8 Å². The Morgan fingerprint density at radius 3 is 2.37 bits per heavy atom. The number of anilines is 1. The fourth-order valence-electron chi connectivity index (χ4n) is 6.34. The highest BCUT2D eigenvalue weighted by molar-refractivity contribution is 7.85. The molecule has 14 heteroatoms. The minimum atomic E-state index is -4.41. The molecule has 0 amide bonds. The van der Waals surface area contributed by atoms with E-state index in [1.54, 1.807) is 11.3 Å². The van der Waals surface area contributed by atoms with E-state index in [0.29, 0.717) is 24.6 Å². The van der Waals surface area contributed by atoms with Crippen LogP contribution < -0.4 is 14.2 Å². The number of aryl methyl sites for hydroxylation is 1. The number of aromatic nitrogens is 3. The first kappa shape index (κ1) is 34.7. The zero-order valence-electron chi connectivity index (χ0n) is 27.7. The third-order valence-corrected chi connectivity index (χ3v) is 11.5. The third kappa shape index (κ3) is 7.80. The molecule has 1 aliphatic heterocycles. The maximum atomic E-state index is 11.5. The summed E-state index contributed by atoms with van der Waals surface area (Å²) in [4.78, 5) is 1.90. The highest BCUT2D eigenvalue weighted by Crippen LogP contribution is 2.41. The predicted octanol–water partition coefficient (Wildman–Crippen LogP) is 6.33. The van der Waals surface area contributed by atoms with E-state index < -0.39 is 31.7 Å². The van der Waals surface area contributed by atoms with Crippen LogP contribution >= 0.6 is 11.3 Å². The van der Waals surface area contributed by atoms with Gasteiger partial charge >= 0.3 is 0 Å². The minimum absolute atomic E-state index is 0.108. The molecular weight excluding hydrogens is 709 g/mol. The van der Waals surface area contributed by atoms with Gasteiger partial charge in [0.05, 0.1) is 37.1 Å². The molecule has 0 radical (unpaired) electrons. The Kier molecular flexibility index (Phi) is 9.61. The molecule has 11 nitrogen and oxygen atoms in total.